The third kappa shape index (κ3) is 6.98. The van der Waals surface area contributed by atoms with Crippen LogP contribution in [0.25, 0.3) is 0 Å². The first-order valence-corrected chi connectivity index (χ1v) is 7.64. The van der Waals surface area contributed by atoms with Gasteiger partial charge in [-0.3, -0.25) is 0 Å². The van der Waals surface area contributed by atoms with Gasteiger partial charge >= 0.3 is 5.97 Å². The first kappa shape index (κ1) is 17.3. The van der Waals surface area contributed by atoms with Gasteiger partial charge in [0.25, 0.3) is 0 Å². The number of carbonyl (C=O) groups is 1. The monoisotopic (exact) mass is 290 g/mol. The van der Waals surface area contributed by atoms with Gasteiger partial charge in [-0.05, 0) is 57.7 Å². The summed E-state index contributed by atoms with van der Waals surface area (Å²) >= 11 is 0. The van der Waals surface area contributed by atoms with Gasteiger partial charge in [-0.1, -0.05) is 24.6 Å². The fourth-order valence-electron chi connectivity index (χ4n) is 1.85. The molecular weight excluding hydrogens is 264 g/mol. The molecule has 0 radical (unpaired) electrons. The third-order valence-corrected chi connectivity index (χ3v) is 3.29. The minimum atomic E-state index is -0.257. The van der Waals surface area contributed by atoms with Crippen LogP contribution in [0.1, 0.15) is 46.1 Å². The van der Waals surface area contributed by atoms with Gasteiger partial charge in [-0.15, -0.1) is 0 Å². The molecule has 0 aromatic heterocycles. The second-order valence-corrected chi connectivity index (χ2v) is 5.22. The molecule has 0 aliphatic heterocycles. The number of allylic oxidation sites excluding steroid dienone is 1. The molecule has 0 amide bonds. The molecule has 0 fully saturated rings. The average molecular weight is 290 g/mol. The summed E-state index contributed by atoms with van der Waals surface area (Å²) in [5, 5.41) is 0. The van der Waals surface area contributed by atoms with Crippen molar-refractivity contribution in [1.82, 2.24) is 0 Å². The molecule has 1 rings (SSSR count). The van der Waals surface area contributed by atoms with Gasteiger partial charge in [-0.25, -0.2) is 4.79 Å². The molecule has 1 aromatic carbocycles. The van der Waals surface area contributed by atoms with Gasteiger partial charge < -0.3 is 9.47 Å². The molecule has 0 heterocycles. The molecule has 1 unspecified atom stereocenters. The van der Waals surface area contributed by atoms with E-state index in [9.17, 15) is 4.79 Å². The van der Waals surface area contributed by atoms with Gasteiger partial charge in [-0.2, -0.15) is 0 Å². The molecule has 3 heteroatoms. The highest BCUT2D eigenvalue weighted by Gasteiger charge is 2.02. The zero-order valence-electron chi connectivity index (χ0n) is 13.5. The van der Waals surface area contributed by atoms with Crippen LogP contribution in [0.3, 0.4) is 0 Å². The molecule has 0 aliphatic rings. The number of rotatable bonds is 8. The van der Waals surface area contributed by atoms with Crippen molar-refractivity contribution in [3.63, 3.8) is 0 Å². The number of carbonyl (C=O) groups excluding carboxylic acids is 1. The molecule has 0 saturated carbocycles. The standard InChI is InChI=1S/C18H26O3/c1-5-15(4)21-17-11-9-16(10-12-17)8-7-14(3)13-18(19)20-6-2/h9-13,15H,5-8H2,1-4H3/b14-13+. The van der Waals surface area contributed by atoms with E-state index in [-0.39, 0.29) is 12.1 Å². The summed E-state index contributed by atoms with van der Waals surface area (Å²) in [5.41, 5.74) is 2.27. The van der Waals surface area contributed by atoms with E-state index in [1.807, 2.05) is 26.0 Å². The molecular formula is C18H26O3. The predicted octanol–water partition coefficient (Wildman–Crippen LogP) is 4.31. The molecule has 21 heavy (non-hydrogen) atoms. The zero-order valence-corrected chi connectivity index (χ0v) is 13.5. The molecule has 0 N–H and O–H groups in total. The Bertz CT molecular complexity index is 460. The van der Waals surface area contributed by atoms with Crippen molar-refractivity contribution in [3.8, 4) is 5.75 Å². The largest absolute Gasteiger partial charge is 0.491 e. The minimum absolute atomic E-state index is 0.241. The molecule has 1 atom stereocenters. The number of hydrogen-bond acceptors (Lipinski definition) is 3. The number of esters is 1. The second kappa shape index (κ2) is 9.22. The lowest BCUT2D eigenvalue weighted by atomic mass is 10.1. The normalized spacial score (nSPS) is 12.9. The molecule has 0 spiro atoms. The van der Waals surface area contributed by atoms with Gasteiger partial charge in [0.15, 0.2) is 0 Å². The van der Waals surface area contributed by atoms with Crippen molar-refractivity contribution in [1.29, 1.82) is 0 Å². The second-order valence-electron chi connectivity index (χ2n) is 5.22. The maximum atomic E-state index is 11.3. The van der Waals surface area contributed by atoms with E-state index < -0.39 is 0 Å². The maximum Gasteiger partial charge on any atom is 0.330 e. The molecule has 3 nitrogen and oxygen atoms in total. The molecule has 116 valence electrons. The fourth-order valence-corrected chi connectivity index (χ4v) is 1.85. The average Bonchev–Trinajstić information content (AvgIpc) is 2.46. The third-order valence-electron chi connectivity index (χ3n) is 3.29. The van der Waals surface area contributed by atoms with Crippen molar-refractivity contribution < 1.29 is 14.3 Å². The maximum absolute atomic E-state index is 11.3. The molecule has 1 aromatic rings. The van der Waals surface area contributed by atoms with Crippen LogP contribution in [-0.4, -0.2) is 18.7 Å². The van der Waals surface area contributed by atoms with Crippen molar-refractivity contribution in [2.75, 3.05) is 6.61 Å². The minimum Gasteiger partial charge on any atom is -0.491 e. The van der Waals surface area contributed by atoms with Crippen molar-refractivity contribution in [3.05, 3.63) is 41.5 Å². The first-order chi connectivity index (χ1) is 10.0. The van der Waals surface area contributed by atoms with E-state index >= 15 is 0 Å². The summed E-state index contributed by atoms with van der Waals surface area (Å²) in [6.07, 6.45) is 4.57. The zero-order chi connectivity index (χ0) is 15.7. The number of benzene rings is 1. The van der Waals surface area contributed by atoms with Crippen LogP contribution in [0.4, 0.5) is 0 Å². The van der Waals surface area contributed by atoms with Crippen molar-refractivity contribution in [2.24, 2.45) is 0 Å². The first-order valence-electron chi connectivity index (χ1n) is 7.64. The van der Waals surface area contributed by atoms with Crippen LogP contribution in [0.15, 0.2) is 35.9 Å². The van der Waals surface area contributed by atoms with Crippen molar-refractivity contribution in [2.45, 2.75) is 53.1 Å². The van der Waals surface area contributed by atoms with Gasteiger partial charge in [0.05, 0.1) is 12.7 Å². The highest BCUT2D eigenvalue weighted by Crippen LogP contribution is 2.17. The Kier molecular flexibility index (Phi) is 7.59. The summed E-state index contributed by atoms with van der Waals surface area (Å²) in [6.45, 7) is 8.36. The quantitative estimate of drug-likeness (QED) is 0.529. The highest BCUT2D eigenvalue weighted by atomic mass is 16.5. The van der Waals surface area contributed by atoms with E-state index in [1.54, 1.807) is 6.08 Å². The lowest BCUT2D eigenvalue weighted by molar-refractivity contribution is -0.137. The Morgan fingerprint density at radius 3 is 2.48 bits per heavy atom. The lowest BCUT2D eigenvalue weighted by Gasteiger charge is -2.12. The van der Waals surface area contributed by atoms with Crippen LogP contribution < -0.4 is 4.74 Å². The molecule has 0 bridgehead atoms. The molecule has 0 saturated heterocycles. The highest BCUT2D eigenvalue weighted by molar-refractivity contribution is 5.82. The van der Waals surface area contributed by atoms with E-state index in [0.29, 0.717) is 6.61 Å². The van der Waals surface area contributed by atoms with E-state index in [0.717, 1.165) is 30.6 Å². The van der Waals surface area contributed by atoms with Gasteiger partial charge in [0, 0.05) is 6.08 Å². The Balaban J connectivity index is 2.47. The van der Waals surface area contributed by atoms with E-state index in [2.05, 4.69) is 26.0 Å². The van der Waals surface area contributed by atoms with E-state index in [4.69, 9.17) is 9.47 Å². The summed E-state index contributed by atoms with van der Waals surface area (Å²) in [5.74, 6) is 0.652. The summed E-state index contributed by atoms with van der Waals surface area (Å²) < 4.78 is 10.6. The van der Waals surface area contributed by atoms with Crippen LogP contribution >= 0.6 is 0 Å². The van der Waals surface area contributed by atoms with Gasteiger partial charge in [0.1, 0.15) is 5.75 Å². The van der Waals surface area contributed by atoms with Gasteiger partial charge in [0.2, 0.25) is 0 Å². The molecule has 0 aliphatic carbocycles. The predicted molar refractivity (Wildman–Crippen MR) is 85.5 cm³/mol. The Morgan fingerprint density at radius 2 is 1.90 bits per heavy atom. The summed E-state index contributed by atoms with van der Waals surface area (Å²) in [6, 6.07) is 8.17. The Labute approximate surface area is 128 Å². The topological polar surface area (TPSA) is 35.5 Å². The lowest BCUT2D eigenvalue weighted by Crippen LogP contribution is -2.09. The Morgan fingerprint density at radius 1 is 1.24 bits per heavy atom. The number of hydrogen-bond donors (Lipinski definition) is 0. The fraction of sp³-hybridized carbons (Fsp3) is 0.500. The van der Waals surface area contributed by atoms with E-state index in [1.165, 1.54) is 5.56 Å². The number of ether oxygens (including phenoxy) is 2. The van der Waals surface area contributed by atoms with Crippen LogP contribution in [-0.2, 0) is 16.0 Å². The SMILES string of the molecule is CCOC(=O)/C=C(\C)CCc1ccc(OC(C)CC)cc1. The van der Waals surface area contributed by atoms with Crippen molar-refractivity contribution >= 4 is 5.97 Å². The number of aryl methyl sites for hydroxylation is 1. The smallest absolute Gasteiger partial charge is 0.330 e. The van der Waals surface area contributed by atoms with Crippen LogP contribution in [0.5, 0.6) is 5.75 Å². The van der Waals surface area contributed by atoms with Crippen LogP contribution in [0, 0.1) is 0 Å². The van der Waals surface area contributed by atoms with Crippen LogP contribution in [0.2, 0.25) is 0 Å². The summed E-state index contributed by atoms with van der Waals surface area (Å²) in [7, 11) is 0. The summed E-state index contributed by atoms with van der Waals surface area (Å²) in [4.78, 5) is 11.3. The Hall–Kier alpha value is -1.77.